The van der Waals surface area contributed by atoms with Gasteiger partial charge in [0.25, 0.3) is 0 Å². The van der Waals surface area contributed by atoms with E-state index < -0.39 is 18.0 Å². The fourth-order valence-electron chi connectivity index (χ4n) is 2.08. The van der Waals surface area contributed by atoms with Gasteiger partial charge >= 0.3 is 11.9 Å². The molecule has 0 aliphatic carbocycles. The van der Waals surface area contributed by atoms with Gasteiger partial charge in [0.15, 0.2) is 0 Å². The van der Waals surface area contributed by atoms with Crippen LogP contribution < -0.4 is 5.32 Å². The van der Waals surface area contributed by atoms with E-state index in [9.17, 15) is 19.5 Å². The second-order valence-corrected chi connectivity index (χ2v) is 5.07. The number of carbonyl (C=O) groups excluding carboxylic acids is 2. The maximum atomic E-state index is 11.6. The quantitative estimate of drug-likeness (QED) is 0.471. The summed E-state index contributed by atoms with van der Waals surface area (Å²) in [6.45, 7) is 1.41. The standard InChI is InChI=1S/C16H21NO6/c1-11(18)17-13(12-5-2-3-6-14(12)19)8-9-16(22)23-10-4-7-15(20)21/h2-3,5-6,13,19H,4,7-10H2,1H3,(H,17,18)(H,20,21). The summed E-state index contributed by atoms with van der Waals surface area (Å²) in [6.07, 6.45) is 0.524. The van der Waals surface area contributed by atoms with Crippen LogP contribution >= 0.6 is 0 Å². The van der Waals surface area contributed by atoms with Gasteiger partial charge in [-0.15, -0.1) is 0 Å². The molecule has 1 aromatic carbocycles. The number of hydrogen-bond donors (Lipinski definition) is 3. The van der Waals surface area contributed by atoms with Crippen molar-refractivity contribution in [3.8, 4) is 5.75 Å². The zero-order chi connectivity index (χ0) is 17.2. The van der Waals surface area contributed by atoms with Crippen LogP contribution in [0.1, 0.15) is 44.2 Å². The average molecular weight is 323 g/mol. The Bertz CT molecular complexity index is 557. The number of hydrogen-bond acceptors (Lipinski definition) is 5. The molecule has 0 bridgehead atoms. The van der Waals surface area contributed by atoms with Crippen molar-refractivity contribution >= 4 is 17.8 Å². The fraction of sp³-hybridized carbons (Fsp3) is 0.438. The lowest BCUT2D eigenvalue weighted by atomic mass is 10.0. The first-order chi connectivity index (χ1) is 10.9. The second kappa shape index (κ2) is 9.45. The van der Waals surface area contributed by atoms with Crippen LogP contribution in [0.2, 0.25) is 0 Å². The highest BCUT2D eigenvalue weighted by Gasteiger charge is 2.18. The number of rotatable bonds is 9. The summed E-state index contributed by atoms with van der Waals surface area (Å²) in [6, 6.07) is 6.08. The van der Waals surface area contributed by atoms with Crippen molar-refractivity contribution in [2.45, 2.75) is 38.6 Å². The van der Waals surface area contributed by atoms with E-state index >= 15 is 0 Å². The highest BCUT2D eigenvalue weighted by molar-refractivity contribution is 5.74. The van der Waals surface area contributed by atoms with Gasteiger partial charge in [-0.1, -0.05) is 18.2 Å². The van der Waals surface area contributed by atoms with Crippen molar-refractivity contribution in [2.24, 2.45) is 0 Å². The van der Waals surface area contributed by atoms with Gasteiger partial charge in [0.1, 0.15) is 5.75 Å². The van der Waals surface area contributed by atoms with Crippen molar-refractivity contribution in [3.63, 3.8) is 0 Å². The molecule has 1 unspecified atom stereocenters. The summed E-state index contributed by atoms with van der Waals surface area (Å²) in [5.74, 6) is -1.64. The third kappa shape index (κ3) is 7.30. The second-order valence-electron chi connectivity index (χ2n) is 5.07. The molecule has 0 spiro atoms. The van der Waals surface area contributed by atoms with E-state index in [1.54, 1.807) is 18.2 Å². The van der Waals surface area contributed by atoms with Crippen molar-refractivity contribution < 1.29 is 29.3 Å². The summed E-state index contributed by atoms with van der Waals surface area (Å²) in [5, 5.41) is 21.0. The minimum atomic E-state index is -0.939. The molecule has 1 atom stereocenters. The number of phenols is 1. The molecule has 0 aliphatic rings. The lowest BCUT2D eigenvalue weighted by Gasteiger charge is -2.19. The zero-order valence-corrected chi connectivity index (χ0v) is 12.9. The number of esters is 1. The number of aliphatic carboxylic acids is 1. The third-order valence-corrected chi connectivity index (χ3v) is 3.12. The van der Waals surface area contributed by atoms with Gasteiger partial charge in [0.05, 0.1) is 12.6 Å². The first-order valence-electron chi connectivity index (χ1n) is 7.32. The van der Waals surface area contributed by atoms with E-state index in [0.29, 0.717) is 5.56 Å². The van der Waals surface area contributed by atoms with Gasteiger partial charge in [-0.3, -0.25) is 14.4 Å². The lowest BCUT2D eigenvalue weighted by molar-refractivity contribution is -0.145. The molecule has 1 aromatic rings. The lowest BCUT2D eigenvalue weighted by Crippen LogP contribution is -2.27. The van der Waals surface area contributed by atoms with Crippen molar-refractivity contribution in [1.82, 2.24) is 5.32 Å². The Morgan fingerprint density at radius 2 is 1.91 bits per heavy atom. The Morgan fingerprint density at radius 1 is 1.22 bits per heavy atom. The number of carboxylic acids is 1. The van der Waals surface area contributed by atoms with Gasteiger partial charge in [0, 0.05) is 25.3 Å². The molecule has 23 heavy (non-hydrogen) atoms. The smallest absolute Gasteiger partial charge is 0.305 e. The topological polar surface area (TPSA) is 113 Å². The van der Waals surface area contributed by atoms with Crippen LogP contribution in [-0.2, 0) is 19.1 Å². The molecule has 0 aromatic heterocycles. The molecular weight excluding hydrogens is 302 g/mol. The Morgan fingerprint density at radius 3 is 2.52 bits per heavy atom. The number of carboxylic acid groups (broad SMARTS) is 1. The number of phenolic OH excluding ortho intramolecular Hbond substituents is 1. The Balaban J connectivity index is 2.52. The summed E-state index contributed by atoms with van der Waals surface area (Å²) < 4.78 is 4.94. The van der Waals surface area contributed by atoms with E-state index in [1.165, 1.54) is 13.0 Å². The maximum Gasteiger partial charge on any atom is 0.305 e. The number of nitrogens with one attached hydrogen (secondary N) is 1. The summed E-state index contributed by atoms with van der Waals surface area (Å²) in [4.78, 5) is 33.3. The molecule has 7 heteroatoms. The highest BCUT2D eigenvalue weighted by atomic mass is 16.5. The van der Waals surface area contributed by atoms with Gasteiger partial charge in [-0.05, 0) is 18.9 Å². The van der Waals surface area contributed by atoms with Crippen molar-refractivity contribution in [2.75, 3.05) is 6.61 Å². The van der Waals surface area contributed by atoms with Crippen molar-refractivity contribution in [3.05, 3.63) is 29.8 Å². The molecule has 1 rings (SSSR count). The molecule has 1 amide bonds. The van der Waals surface area contributed by atoms with Crippen LogP contribution in [-0.4, -0.2) is 34.7 Å². The van der Waals surface area contributed by atoms with Crippen molar-refractivity contribution in [1.29, 1.82) is 0 Å². The molecule has 0 saturated carbocycles. The molecule has 0 aliphatic heterocycles. The number of benzene rings is 1. The van der Waals surface area contributed by atoms with Crippen LogP contribution in [0.3, 0.4) is 0 Å². The maximum absolute atomic E-state index is 11.6. The predicted octanol–water partition coefficient (Wildman–Crippen LogP) is 1.76. The van der Waals surface area contributed by atoms with Crippen LogP contribution in [0.5, 0.6) is 5.75 Å². The van der Waals surface area contributed by atoms with E-state index in [0.717, 1.165) is 0 Å². The van der Waals surface area contributed by atoms with E-state index in [4.69, 9.17) is 9.84 Å². The number of ether oxygens (including phenoxy) is 1. The summed E-state index contributed by atoms with van der Waals surface area (Å²) >= 11 is 0. The molecular formula is C16H21NO6. The van der Waals surface area contributed by atoms with E-state index in [2.05, 4.69) is 5.32 Å². The first kappa shape index (κ1) is 18.5. The molecule has 0 fully saturated rings. The Labute approximate surface area is 134 Å². The van der Waals surface area contributed by atoms with Crippen LogP contribution in [0, 0.1) is 0 Å². The Hall–Kier alpha value is -2.57. The van der Waals surface area contributed by atoms with Gasteiger partial charge in [-0.2, -0.15) is 0 Å². The normalized spacial score (nSPS) is 11.5. The monoisotopic (exact) mass is 323 g/mol. The largest absolute Gasteiger partial charge is 0.508 e. The molecule has 0 heterocycles. The summed E-state index contributed by atoms with van der Waals surface area (Å²) in [7, 11) is 0. The van der Waals surface area contributed by atoms with Gasteiger partial charge < -0.3 is 20.3 Å². The zero-order valence-electron chi connectivity index (χ0n) is 12.9. The Kier molecular flexibility index (Phi) is 7.59. The third-order valence-electron chi connectivity index (χ3n) is 3.12. The van der Waals surface area contributed by atoms with Gasteiger partial charge in [0.2, 0.25) is 5.91 Å². The average Bonchev–Trinajstić information content (AvgIpc) is 2.48. The number of carbonyl (C=O) groups is 3. The van der Waals surface area contributed by atoms with Crippen LogP contribution in [0.4, 0.5) is 0 Å². The first-order valence-corrected chi connectivity index (χ1v) is 7.32. The highest BCUT2D eigenvalue weighted by Crippen LogP contribution is 2.27. The molecule has 126 valence electrons. The number of amides is 1. The SMILES string of the molecule is CC(=O)NC(CCC(=O)OCCCC(=O)O)c1ccccc1O. The van der Waals surface area contributed by atoms with E-state index in [1.807, 2.05) is 0 Å². The predicted molar refractivity (Wildman–Crippen MR) is 81.7 cm³/mol. The van der Waals surface area contributed by atoms with E-state index in [-0.39, 0.29) is 43.9 Å². The van der Waals surface area contributed by atoms with Crippen LogP contribution in [0.15, 0.2) is 24.3 Å². The number of para-hydroxylation sites is 1. The molecule has 7 nitrogen and oxygen atoms in total. The van der Waals surface area contributed by atoms with Crippen LogP contribution in [0.25, 0.3) is 0 Å². The summed E-state index contributed by atoms with van der Waals surface area (Å²) in [5.41, 5.74) is 0.529. The molecule has 3 N–H and O–H groups in total. The minimum absolute atomic E-state index is 0.0427. The molecule has 0 saturated heterocycles. The minimum Gasteiger partial charge on any atom is -0.508 e. The van der Waals surface area contributed by atoms with Gasteiger partial charge in [-0.25, -0.2) is 0 Å². The fourth-order valence-corrected chi connectivity index (χ4v) is 2.08. The molecule has 0 radical (unpaired) electrons. The number of aromatic hydroxyl groups is 1.